The first-order valence-corrected chi connectivity index (χ1v) is 5.81. The first kappa shape index (κ1) is 14.5. The van der Waals surface area contributed by atoms with Crippen LogP contribution in [-0.2, 0) is 6.18 Å². The van der Waals surface area contributed by atoms with Crippen LogP contribution in [0.1, 0.15) is 38.8 Å². The maximum atomic E-state index is 12.5. The molecule has 1 heterocycles. The zero-order valence-corrected chi connectivity index (χ0v) is 10.4. The lowest BCUT2D eigenvalue weighted by atomic mass is 10.1. The van der Waals surface area contributed by atoms with Crippen molar-refractivity contribution >= 4 is 11.8 Å². The summed E-state index contributed by atoms with van der Waals surface area (Å²) in [5.74, 6) is -0.270. The van der Waals surface area contributed by atoms with Crippen molar-refractivity contribution < 1.29 is 13.2 Å². The molecule has 0 aromatic carbocycles. The third-order valence-electron chi connectivity index (χ3n) is 2.42. The van der Waals surface area contributed by atoms with Gasteiger partial charge in [0.1, 0.15) is 5.82 Å². The minimum absolute atomic E-state index is 0.0420. The van der Waals surface area contributed by atoms with Gasteiger partial charge in [0, 0.05) is 12.1 Å². The molecular weight excluding hydrogens is 245 g/mol. The van der Waals surface area contributed by atoms with Gasteiger partial charge in [-0.3, -0.25) is 0 Å². The quantitative estimate of drug-likeness (QED) is 0.856. The Labute approximate surface area is 104 Å². The molecule has 0 spiro atoms. The van der Waals surface area contributed by atoms with Gasteiger partial charge in [0.2, 0.25) is 5.95 Å². The molecule has 3 N–H and O–H groups in total. The zero-order chi connectivity index (χ0) is 13.8. The minimum Gasteiger partial charge on any atom is -0.368 e. The summed E-state index contributed by atoms with van der Waals surface area (Å²) in [6, 6.07) is 0.916. The molecule has 0 bridgehead atoms. The van der Waals surface area contributed by atoms with Crippen LogP contribution in [0.5, 0.6) is 0 Å². The second-order valence-electron chi connectivity index (χ2n) is 4.18. The number of hydrogen-bond donors (Lipinski definition) is 2. The maximum Gasteiger partial charge on any atom is 0.433 e. The number of anilines is 2. The van der Waals surface area contributed by atoms with Gasteiger partial charge < -0.3 is 11.1 Å². The fourth-order valence-corrected chi connectivity index (χ4v) is 1.52. The van der Waals surface area contributed by atoms with E-state index in [0.29, 0.717) is 0 Å². The van der Waals surface area contributed by atoms with Crippen molar-refractivity contribution in [1.82, 2.24) is 9.97 Å². The summed E-state index contributed by atoms with van der Waals surface area (Å²) in [7, 11) is 0. The second-order valence-corrected chi connectivity index (χ2v) is 4.18. The molecule has 1 aromatic rings. The predicted octanol–water partition coefficient (Wildman–Crippen LogP) is 3.07. The molecule has 102 valence electrons. The Morgan fingerprint density at radius 1 is 1.39 bits per heavy atom. The number of nitrogen functional groups attached to an aromatic ring is 1. The average molecular weight is 262 g/mol. The van der Waals surface area contributed by atoms with E-state index in [1.807, 2.05) is 6.92 Å². The maximum absolute atomic E-state index is 12.5. The summed E-state index contributed by atoms with van der Waals surface area (Å²) in [4.78, 5) is 6.93. The fourth-order valence-electron chi connectivity index (χ4n) is 1.52. The van der Waals surface area contributed by atoms with Crippen LogP contribution >= 0.6 is 0 Å². The van der Waals surface area contributed by atoms with Gasteiger partial charge in [-0.05, 0) is 13.3 Å². The van der Waals surface area contributed by atoms with Crippen molar-refractivity contribution in [2.75, 3.05) is 11.1 Å². The van der Waals surface area contributed by atoms with Crippen LogP contribution in [0.2, 0.25) is 0 Å². The van der Waals surface area contributed by atoms with E-state index in [9.17, 15) is 13.2 Å². The molecule has 0 aliphatic heterocycles. The Balaban J connectivity index is 2.80. The molecule has 1 aromatic heterocycles. The molecule has 0 saturated heterocycles. The van der Waals surface area contributed by atoms with Crippen LogP contribution in [0, 0.1) is 0 Å². The van der Waals surface area contributed by atoms with Crippen LogP contribution < -0.4 is 11.1 Å². The summed E-state index contributed by atoms with van der Waals surface area (Å²) in [6.45, 7) is 3.94. The second kappa shape index (κ2) is 5.88. The van der Waals surface area contributed by atoms with E-state index in [4.69, 9.17) is 5.73 Å². The molecule has 18 heavy (non-hydrogen) atoms. The van der Waals surface area contributed by atoms with Crippen molar-refractivity contribution in [3.8, 4) is 0 Å². The Hall–Kier alpha value is -1.53. The molecule has 1 atom stereocenters. The van der Waals surface area contributed by atoms with Gasteiger partial charge in [-0.2, -0.15) is 18.2 Å². The van der Waals surface area contributed by atoms with Gasteiger partial charge in [-0.1, -0.05) is 19.8 Å². The van der Waals surface area contributed by atoms with E-state index in [2.05, 4.69) is 22.2 Å². The SMILES string of the molecule is CCCCC(C)Nc1cc(C(F)(F)F)nc(N)n1. The Bertz CT molecular complexity index is 392. The number of halogens is 3. The highest BCUT2D eigenvalue weighted by Gasteiger charge is 2.33. The van der Waals surface area contributed by atoms with Crippen molar-refractivity contribution in [3.05, 3.63) is 11.8 Å². The summed E-state index contributed by atoms with van der Waals surface area (Å²) in [5.41, 5.74) is 4.24. The van der Waals surface area contributed by atoms with E-state index in [-0.39, 0.29) is 17.8 Å². The van der Waals surface area contributed by atoms with E-state index in [1.54, 1.807) is 0 Å². The molecule has 0 aliphatic rings. The molecule has 0 radical (unpaired) electrons. The molecule has 1 rings (SSSR count). The molecule has 0 fully saturated rings. The van der Waals surface area contributed by atoms with Gasteiger partial charge >= 0.3 is 6.18 Å². The van der Waals surface area contributed by atoms with Crippen LogP contribution in [0.4, 0.5) is 24.9 Å². The van der Waals surface area contributed by atoms with Gasteiger partial charge in [0.05, 0.1) is 0 Å². The molecule has 0 saturated carbocycles. The minimum atomic E-state index is -4.51. The third-order valence-corrected chi connectivity index (χ3v) is 2.42. The lowest BCUT2D eigenvalue weighted by Crippen LogP contribution is -2.18. The summed E-state index contributed by atoms with van der Waals surface area (Å²) < 4.78 is 37.5. The molecule has 4 nitrogen and oxygen atoms in total. The lowest BCUT2D eigenvalue weighted by molar-refractivity contribution is -0.141. The first-order valence-electron chi connectivity index (χ1n) is 5.81. The highest BCUT2D eigenvalue weighted by Crippen LogP contribution is 2.29. The van der Waals surface area contributed by atoms with Crippen LogP contribution in [-0.4, -0.2) is 16.0 Å². The van der Waals surface area contributed by atoms with Gasteiger partial charge in [0.25, 0.3) is 0 Å². The molecule has 0 amide bonds. The van der Waals surface area contributed by atoms with Gasteiger partial charge in [-0.15, -0.1) is 0 Å². The highest BCUT2D eigenvalue weighted by atomic mass is 19.4. The summed E-state index contributed by atoms with van der Waals surface area (Å²) in [6.07, 6.45) is -1.62. The largest absolute Gasteiger partial charge is 0.433 e. The van der Waals surface area contributed by atoms with E-state index in [0.717, 1.165) is 25.3 Å². The summed E-state index contributed by atoms with van der Waals surface area (Å²) >= 11 is 0. The zero-order valence-electron chi connectivity index (χ0n) is 10.4. The standard InChI is InChI=1S/C11H17F3N4/c1-3-4-5-7(2)16-9-6-8(11(12,13)14)17-10(15)18-9/h6-7H,3-5H2,1-2H3,(H3,15,16,17,18). The van der Waals surface area contributed by atoms with Crippen molar-refractivity contribution in [2.45, 2.75) is 45.3 Å². The van der Waals surface area contributed by atoms with Crippen LogP contribution in [0.15, 0.2) is 6.07 Å². The Morgan fingerprint density at radius 3 is 2.61 bits per heavy atom. The number of nitrogens with one attached hydrogen (secondary N) is 1. The molecule has 7 heteroatoms. The lowest BCUT2D eigenvalue weighted by Gasteiger charge is -2.15. The number of aromatic nitrogens is 2. The Kier molecular flexibility index (Phi) is 4.75. The van der Waals surface area contributed by atoms with Crippen molar-refractivity contribution in [3.63, 3.8) is 0 Å². The van der Waals surface area contributed by atoms with E-state index in [1.165, 1.54) is 0 Å². The van der Waals surface area contributed by atoms with Gasteiger partial charge in [-0.25, -0.2) is 4.98 Å². The highest BCUT2D eigenvalue weighted by molar-refractivity contribution is 5.41. The topological polar surface area (TPSA) is 63.8 Å². The number of hydrogen-bond acceptors (Lipinski definition) is 4. The molecule has 0 aliphatic carbocycles. The van der Waals surface area contributed by atoms with E-state index < -0.39 is 11.9 Å². The van der Waals surface area contributed by atoms with Crippen molar-refractivity contribution in [1.29, 1.82) is 0 Å². The number of alkyl halides is 3. The molecular formula is C11H17F3N4. The smallest absolute Gasteiger partial charge is 0.368 e. The summed E-state index contributed by atoms with van der Waals surface area (Å²) in [5, 5.41) is 2.90. The normalized spacial score (nSPS) is 13.4. The van der Waals surface area contributed by atoms with Crippen molar-refractivity contribution in [2.24, 2.45) is 0 Å². The predicted molar refractivity (Wildman–Crippen MR) is 64.1 cm³/mol. The number of unbranched alkanes of at least 4 members (excludes halogenated alkanes) is 1. The van der Waals surface area contributed by atoms with E-state index >= 15 is 0 Å². The van der Waals surface area contributed by atoms with Crippen LogP contribution in [0.3, 0.4) is 0 Å². The number of nitrogens with zero attached hydrogens (tertiary/aromatic N) is 2. The third kappa shape index (κ3) is 4.38. The number of rotatable bonds is 5. The fraction of sp³-hybridized carbons (Fsp3) is 0.636. The van der Waals surface area contributed by atoms with Gasteiger partial charge in [0.15, 0.2) is 5.69 Å². The average Bonchev–Trinajstić information content (AvgIpc) is 2.24. The number of nitrogens with two attached hydrogens (primary N) is 1. The monoisotopic (exact) mass is 262 g/mol. The first-order chi connectivity index (χ1) is 8.32. The molecule has 1 unspecified atom stereocenters. The van der Waals surface area contributed by atoms with Crippen LogP contribution in [0.25, 0.3) is 0 Å². The Morgan fingerprint density at radius 2 is 2.06 bits per heavy atom.